The summed E-state index contributed by atoms with van der Waals surface area (Å²) in [5, 5.41) is 8.72. The molecule has 0 fully saturated rings. The van der Waals surface area contributed by atoms with Gasteiger partial charge in [0.2, 0.25) is 10.0 Å². The number of nitriles is 1. The van der Waals surface area contributed by atoms with Crippen LogP contribution < -0.4 is 0 Å². The van der Waals surface area contributed by atoms with Gasteiger partial charge in [0.15, 0.2) is 0 Å². The molecule has 0 radical (unpaired) electrons. The van der Waals surface area contributed by atoms with Gasteiger partial charge in [0.05, 0.1) is 16.5 Å². The third-order valence-electron chi connectivity index (χ3n) is 2.82. The van der Waals surface area contributed by atoms with Gasteiger partial charge in [-0.15, -0.1) is 0 Å². The predicted octanol–water partition coefficient (Wildman–Crippen LogP) is 1.77. The summed E-state index contributed by atoms with van der Waals surface area (Å²) in [5.74, 6) is 0. The van der Waals surface area contributed by atoms with E-state index in [0.29, 0.717) is 5.56 Å². The van der Waals surface area contributed by atoms with Crippen molar-refractivity contribution in [3.63, 3.8) is 0 Å². The molecule has 6 heteroatoms. The number of pyridine rings is 1. The normalized spacial score (nSPS) is 11.2. The SMILES string of the molecule is CN(Cc1cccnc1)S(=O)(=O)c1ccc(C#N)cc1. The van der Waals surface area contributed by atoms with Crippen LogP contribution in [0.3, 0.4) is 0 Å². The second-order valence-electron chi connectivity index (χ2n) is 4.26. The Morgan fingerprint density at radius 2 is 1.95 bits per heavy atom. The Balaban J connectivity index is 2.23. The quantitative estimate of drug-likeness (QED) is 0.859. The lowest BCUT2D eigenvalue weighted by atomic mass is 10.2. The second-order valence-corrected chi connectivity index (χ2v) is 6.30. The first-order chi connectivity index (χ1) is 9.54. The highest BCUT2D eigenvalue weighted by Gasteiger charge is 2.20. The minimum absolute atomic E-state index is 0.169. The molecule has 102 valence electrons. The molecular formula is C14H13N3O2S. The first-order valence-corrected chi connectivity index (χ1v) is 7.33. The Bertz CT molecular complexity index is 719. The molecular weight excluding hydrogens is 274 g/mol. The Hall–Kier alpha value is -2.23. The van der Waals surface area contributed by atoms with Crippen molar-refractivity contribution in [3.05, 3.63) is 59.9 Å². The van der Waals surface area contributed by atoms with Gasteiger partial charge in [0.25, 0.3) is 0 Å². The van der Waals surface area contributed by atoms with Gasteiger partial charge in [-0.05, 0) is 35.9 Å². The number of rotatable bonds is 4. The van der Waals surface area contributed by atoms with Crippen LogP contribution in [0.15, 0.2) is 53.7 Å². The predicted molar refractivity (Wildman–Crippen MR) is 74.0 cm³/mol. The zero-order valence-corrected chi connectivity index (χ0v) is 11.7. The average molecular weight is 287 g/mol. The van der Waals surface area contributed by atoms with E-state index in [1.54, 1.807) is 18.5 Å². The highest BCUT2D eigenvalue weighted by atomic mass is 32.2. The van der Waals surface area contributed by atoms with Crippen molar-refractivity contribution < 1.29 is 8.42 Å². The second kappa shape index (κ2) is 5.82. The van der Waals surface area contributed by atoms with Crippen LogP contribution >= 0.6 is 0 Å². The fourth-order valence-corrected chi connectivity index (χ4v) is 2.87. The zero-order chi connectivity index (χ0) is 14.6. The van der Waals surface area contributed by atoms with Crippen LogP contribution in [0.1, 0.15) is 11.1 Å². The summed E-state index contributed by atoms with van der Waals surface area (Å²) < 4.78 is 26.0. The van der Waals surface area contributed by atoms with Gasteiger partial charge >= 0.3 is 0 Å². The summed E-state index contributed by atoms with van der Waals surface area (Å²) >= 11 is 0. The fourth-order valence-electron chi connectivity index (χ4n) is 1.72. The summed E-state index contributed by atoms with van der Waals surface area (Å²) in [6.45, 7) is 0.246. The van der Waals surface area contributed by atoms with Crippen LogP contribution in [0.2, 0.25) is 0 Å². The largest absolute Gasteiger partial charge is 0.264 e. The Labute approximate surface area is 118 Å². The lowest BCUT2D eigenvalue weighted by molar-refractivity contribution is 0.466. The molecule has 0 saturated heterocycles. The molecule has 0 saturated carbocycles. The maximum atomic E-state index is 12.4. The smallest absolute Gasteiger partial charge is 0.243 e. The van der Waals surface area contributed by atoms with Crippen LogP contribution in [0.5, 0.6) is 0 Å². The van der Waals surface area contributed by atoms with E-state index in [-0.39, 0.29) is 11.4 Å². The van der Waals surface area contributed by atoms with E-state index in [4.69, 9.17) is 5.26 Å². The summed E-state index contributed by atoms with van der Waals surface area (Å²) in [6.07, 6.45) is 3.27. The number of hydrogen-bond acceptors (Lipinski definition) is 4. The molecule has 0 aliphatic heterocycles. The molecule has 5 nitrogen and oxygen atoms in total. The fraction of sp³-hybridized carbons (Fsp3) is 0.143. The van der Waals surface area contributed by atoms with E-state index in [1.807, 2.05) is 12.1 Å². The molecule has 0 atom stereocenters. The van der Waals surface area contributed by atoms with Gasteiger partial charge in [-0.3, -0.25) is 4.98 Å². The molecule has 0 amide bonds. The molecule has 1 aromatic heterocycles. The van der Waals surface area contributed by atoms with Gasteiger partial charge in [0.1, 0.15) is 0 Å². The zero-order valence-electron chi connectivity index (χ0n) is 10.9. The summed E-state index contributed by atoms with van der Waals surface area (Å²) in [4.78, 5) is 4.13. The standard InChI is InChI=1S/C14H13N3O2S/c1-17(11-13-3-2-8-16-10-13)20(18,19)14-6-4-12(9-15)5-7-14/h2-8,10H,11H2,1H3. The summed E-state index contributed by atoms with van der Waals surface area (Å²) in [6, 6.07) is 11.4. The molecule has 0 aliphatic carbocycles. The maximum absolute atomic E-state index is 12.4. The lowest BCUT2D eigenvalue weighted by Gasteiger charge is -2.17. The molecule has 0 bridgehead atoms. The summed E-state index contributed by atoms with van der Waals surface area (Å²) in [5.41, 5.74) is 1.24. The third kappa shape index (κ3) is 3.02. The highest BCUT2D eigenvalue weighted by Crippen LogP contribution is 2.16. The molecule has 0 unspecified atom stereocenters. The van der Waals surface area contributed by atoms with Crippen molar-refractivity contribution in [1.82, 2.24) is 9.29 Å². The number of hydrogen-bond donors (Lipinski definition) is 0. The molecule has 0 N–H and O–H groups in total. The van der Waals surface area contributed by atoms with E-state index in [9.17, 15) is 8.42 Å². The number of benzene rings is 1. The van der Waals surface area contributed by atoms with Gasteiger partial charge < -0.3 is 0 Å². The van der Waals surface area contributed by atoms with Gasteiger partial charge in [-0.25, -0.2) is 8.42 Å². The van der Waals surface area contributed by atoms with Crippen LogP contribution in [-0.2, 0) is 16.6 Å². The molecule has 1 aromatic carbocycles. The number of aromatic nitrogens is 1. The molecule has 0 aliphatic rings. The monoisotopic (exact) mass is 287 g/mol. The molecule has 2 rings (SSSR count). The maximum Gasteiger partial charge on any atom is 0.243 e. The van der Waals surface area contributed by atoms with Crippen LogP contribution in [0.25, 0.3) is 0 Å². The topological polar surface area (TPSA) is 74.1 Å². The Kier molecular flexibility index (Phi) is 4.13. The third-order valence-corrected chi connectivity index (χ3v) is 4.64. The molecule has 0 spiro atoms. The Morgan fingerprint density at radius 1 is 1.25 bits per heavy atom. The first-order valence-electron chi connectivity index (χ1n) is 5.89. The van der Waals surface area contributed by atoms with Gasteiger partial charge in [-0.2, -0.15) is 9.57 Å². The van der Waals surface area contributed by atoms with Gasteiger partial charge in [-0.1, -0.05) is 6.07 Å². The van der Waals surface area contributed by atoms with Gasteiger partial charge in [0, 0.05) is 26.0 Å². The molecule has 2 aromatic rings. The van der Waals surface area contributed by atoms with E-state index >= 15 is 0 Å². The summed E-state index contributed by atoms with van der Waals surface area (Å²) in [7, 11) is -2.05. The van der Waals surface area contributed by atoms with Crippen molar-refractivity contribution in [1.29, 1.82) is 5.26 Å². The molecule has 20 heavy (non-hydrogen) atoms. The van der Waals surface area contributed by atoms with Crippen molar-refractivity contribution in [2.75, 3.05) is 7.05 Å². The van der Waals surface area contributed by atoms with Crippen LogP contribution in [0.4, 0.5) is 0 Å². The van der Waals surface area contributed by atoms with E-state index in [2.05, 4.69) is 4.98 Å². The Morgan fingerprint density at radius 3 is 2.50 bits per heavy atom. The van der Waals surface area contributed by atoms with Crippen molar-refractivity contribution in [2.24, 2.45) is 0 Å². The molecule has 1 heterocycles. The van der Waals surface area contributed by atoms with Crippen molar-refractivity contribution >= 4 is 10.0 Å². The van der Waals surface area contributed by atoms with E-state index < -0.39 is 10.0 Å². The van der Waals surface area contributed by atoms with Crippen LogP contribution in [-0.4, -0.2) is 24.8 Å². The van der Waals surface area contributed by atoms with Crippen molar-refractivity contribution in [3.8, 4) is 6.07 Å². The van der Waals surface area contributed by atoms with Crippen molar-refractivity contribution in [2.45, 2.75) is 11.4 Å². The van der Waals surface area contributed by atoms with E-state index in [1.165, 1.54) is 35.6 Å². The number of nitrogens with zero attached hydrogens (tertiary/aromatic N) is 3. The van der Waals surface area contributed by atoms with Crippen LogP contribution in [0, 0.1) is 11.3 Å². The minimum atomic E-state index is -3.57. The van der Waals surface area contributed by atoms with E-state index in [0.717, 1.165) is 5.56 Å². The lowest BCUT2D eigenvalue weighted by Crippen LogP contribution is -2.26. The number of sulfonamides is 1. The first kappa shape index (κ1) is 14.2. The highest BCUT2D eigenvalue weighted by molar-refractivity contribution is 7.89. The minimum Gasteiger partial charge on any atom is -0.264 e. The average Bonchev–Trinajstić information content (AvgIpc) is 2.48.